The molecule has 0 spiro atoms. The van der Waals surface area contributed by atoms with Gasteiger partial charge >= 0.3 is 12.0 Å². The van der Waals surface area contributed by atoms with Crippen molar-refractivity contribution in [1.82, 2.24) is 4.90 Å². The molecule has 1 fully saturated rings. The first-order valence-corrected chi connectivity index (χ1v) is 6.10. The summed E-state index contributed by atoms with van der Waals surface area (Å²) in [5, 5.41) is 17.7. The highest BCUT2D eigenvalue weighted by Crippen LogP contribution is 2.20. The Hall–Kier alpha value is -2.08. The molecule has 1 aromatic carbocycles. The van der Waals surface area contributed by atoms with E-state index in [-0.39, 0.29) is 19.2 Å². The zero-order chi connectivity index (χ0) is 13.8. The highest BCUT2D eigenvalue weighted by Gasteiger charge is 2.27. The van der Waals surface area contributed by atoms with Gasteiger partial charge in [-0.3, -0.25) is 9.69 Å². The minimum Gasteiger partial charge on any atom is -0.480 e. The number of amides is 2. The molecular weight excluding hydrogens is 248 g/mol. The van der Waals surface area contributed by atoms with Crippen molar-refractivity contribution in [2.24, 2.45) is 0 Å². The number of anilines is 1. The number of hydrogen-bond acceptors (Lipinski definition) is 3. The molecule has 0 unspecified atom stereocenters. The SMILES string of the molecule is O=C(O)CN1CCCN(c2ccc(CO)cc2)C1=O. The average molecular weight is 264 g/mol. The maximum Gasteiger partial charge on any atom is 0.325 e. The number of hydrogen-bond donors (Lipinski definition) is 2. The highest BCUT2D eigenvalue weighted by atomic mass is 16.4. The van der Waals surface area contributed by atoms with Crippen molar-refractivity contribution in [3.8, 4) is 0 Å². The van der Waals surface area contributed by atoms with Crippen LogP contribution in [0.25, 0.3) is 0 Å². The molecule has 1 aliphatic rings. The van der Waals surface area contributed by atoms with Crippen LogP contribution in [0.1, 0.15) is 12.0 Å². The minimum absolute atomic E-state index is 0.0423. The van der Waals surface area contributed by atoms with Gasteiger partial charge in [0.05, 0.1) is 6.61 Å². The first-order chi connectivity index (χ1) is 9.11. The summed E-state index contributed by atoms with van der Waals surface area (Å²) in [6, 6.07) is 6.73. The average Bonchev–Trinajstić information content (AvgIpc) is 2.41. The molecule has 0 atom stereocenters. The zero-order valence-corrected chi connectivity index (χ0v) is 10.5. The molecule has 6 nitrogen and oxygen atoms in total. The van der Waals surface area contributed by atoms with Gasteiger partial charge < -0.3 is 15.1 Å². The van der Waals surface area contributed by atoms with Gasteiger partial charge in [0, 0.05) is 18.8 Å². The van der Waals surface area contributed by atoms with Crippen LogP contribution in [-0.2, 0) is 11.4 Å². The number of benzene rings is 1. The van der Waals surface area contributed by atoms with Crippen LogP contribution in [0.4, 0.5) is 10.5 Å². The third-order valence-corrected chi connectivity index (χ3v) is 3.07. The fourth-order valence-corrected chi connectivity index (χ4v) is 2.11. The summed E-state index contributed by atoms with van der Waals surface area (Å²) in [4.78, 5) is 25.7. The van der Waals surface area contributed by atoms with Crippen LogP contribution in [0.5, 0.6) is 0 Å². The van der Waals surface area contributed by atoms with E-state index >= 15 is 0 Å². The molecule has 1 heterocycles. The fraction of sp³-hybridized carbons (Fsp3) is 0.385. The molecule has 0 radical (unpaired) electrons. The van der Waals surface area contributed by atoms with E-state index < -0.39 is 5.97 Å². The number of rotatable bonds is 4. The van der Waals surface area contributed by atoms with Crippen molar-refractivity contribution >= 4 is 17.7 Å². The molecule has 0 saturated carbocycles. The van der Waals surface area contributed by atoms with Gasteiger partial charge in [0.2, 0.25) is 0 Å². The minimum atomic E-state index is -1.01. The Morgan fingerprint density at radius 3 is 2.47 bits per heavy atom. The maximum absolute atomic E-state index is 12.2. The maximum atomic E-state index is 12.2. The molecule has 102 valence electrons. The quantitative estimate of drug-likeness (QED) is 0.846. The number of aliphatic carboxylic acids is 1. The van der Waals surface area contributed by atoms with Gasteiger partial charge in [-0.1, -0.05) is 12.1 Å². The molecular formula is C13H16N2O4. The largest absolute Gasteiger partial charge is 0.480 e. The lowest BCUT2D eigenvalue weighted by Gasteiger charge is -2.34. The predicted molar refractivity (Wildman–Crippen MR) is 68.9 cm³/mol. The van der Waals surface area contributed by atoms with Gasteiger partial charge in [0.25, 0.3) is 0 Å². The Kier molecular flexibility index (Phi) is 4.01. The molecule has 0 aromatic heterocycles. The van der Waals surface area contributed by atoms with E-state index in [2.05, 4.69) is 0 Å². The Labute approximate surface area is 110 Å². The van der Waals surface area contributed by atoms with Crippen molar-refractivity contribution in [3.05, 3.63) is 29.8 Å². The van der Waals surface area contributed by atoms with Crippen molar-refractivity contribution in [2.45, 2.75) is 13.0 Å². The van der Waals surface area contributed by atoms with Gasteiger partial charge in [0.1, 0.15) is 6.54 Å². The van der Waals surface area contributed by atoms with Crippen LogP contribution in [0.3, 0.4) is 0 Å². The third-order valence-electron chi connectivity index (χ3n) is 3.07. The van der Waals surface area contributed by atoms with E-state index in [1.807, 2.05) is 0 Å². The second-order valence-corrected chi connectivity index (χ2v) is 4.43. The number of aliphatic hydroxyl groups is 1. The topological polar surface area (TPSA) is 81.1 Å². The number of aliphatic hydroxyl groups excluding tert-OH is 1. The van der Waals surface area contributed by atoms with E-state index in [4.69, 9.17) is 10.2 Å². The zero-order valence-electron chi connectivity index (χ0n) is 10.5. The van der Waals surface area contributed by atoms with Gasteiger partial charge in [-0.05, 0) is 24.1 Å². The molecule has 6 heteroatoms. The Morgan fingerprint density at radius 1 is 1.21 bits per heavy atom. The first kappa shape index (κ1) is 13.4. The number of carbonyl (C=O) groups is 2. The van der Waals surface area contributed by atoms with Crippen LogP contribution >= 0.6 is 0 Å². The molecule has 2 rings (SSSR count). The van der Waals surface area contributed by atoms with E-state index in [0.29, 0.717) is 13.1 Å². The van der Waals surface area contributed by atoms with Crippen molar-refractivity contribution in [2.75, 3.05) is 24.5 Å². The summed E-state index contributed by atoms with van der Waals surface area (Å²) in [5.74, 6) is -1.01. The van der Waals surface area contributed by atoms with Crippen molar-refractivity contribution < 1.29 is 19.8 Å². The van der Waals surface area contributed by atoms with Crippen LogP contribution in [0, 0.1) is 0 Å². The third kappa shape index (κ3) is 3.03. The lowest BCUT2D eigenvalue weighted by molar-refractivity contribution is -0.137. The molecule has 2 amide bonds. The lowest BCUT2D eigenvalue weighted by Crippen LogP contribution is -2.51. The monoisotopic (exact) mass is 264 g/mol. The van der Waals surface area contributed by atoms with E-state index in [1.165, 1.54) is 4.90 Å². The van der Waals surface area contributed by atoms with Crippen LogP contribution in [0.2, 0.25) is 0 Å². The van der Waals surface area contributed by atoms with Gasteiger partial charge in [-0.25, -0.2) is 4.79 Å². The normalized spacial score (nSPS) is 15.7. The Bertz CT molecular complexity index is 472. The number of carboxylic acids is 1. The molecule has 2 N–H and O–H groups in total. The summed E-state index contributed by atoms with van der Waals surface area (Å²) in [6.45, 7) is 0.729. The summed E-state index contributed by atoms with van der Waals surface area (Å²) in [5.41, 5.74) is 1.49. The van der Waals surface area contributed by atoms with Gasteiger partial charge in [-0.15, -0.1) is 0 Å². The predicted octanol–water partition coefficient (Wildman–Crippen LogP) is 0.896. The standard InChI is InChI=1S/C13H16N2O4/c16-9-10-2-4-11(5-3-10)15-7-1-6-14(13(15)19)8-12(17)18/h2-5,16H,1,6-9H2,(H,17,18). The smallest absolute Gasteiger partial charge is 0.325 e. The first-order valence-electron chi connectivity index (χ1n) is 6.10. The highest BCUT2D eigenvalue weighted by molar-refractivity contribution is 5.94. The summed E-state index contributed by atoms with van der Waals surface area (Å²) in [6.07, 6.45) is 0.737. The number of carbonyl (C=O) groups excluding carboxylic acids is 1. The van der Waals surface area contributed by atoms with Crippen LogP contribution < -0.4 is 4.90 Å². The molecule has 1 aromatic rings. The summed E-state index contributed by atoms with van der Waals surface area (Å²) < 4.78 is 0. The lowest BCUT2D eigenvalue weighted by atomic mass is 10.2. The Balaban J connectivity index is 2.14. The second-order valence-electron chi connectivity index (χ2n) is 4.43. The molecule has 0 aliphatic carbocycles. The molecule has 0 bridgehead atoms. The van der Waals surface area contributed by atoms with Crippen molar-refractivity contribution in [1.29, 1.82) is 0 Å². The fourth-order valence-electron chi connectivity index (χ4n) is 2.11. The number of urea groups is 1. The second kappa shape index (κ2) is 5.71. The molecule has 1 aliphatic heterocycles. The molecule has 1 saturated heterocycles. The van der Waals surface area contributed by atoms with E-state index in [1.54, 1.807) is 29.2 Å². The number of nitrogens with zero attached hydrogens (tertiary/aromatic N) is 2. The summed E-state index contributed by atoms with van der Waals surface area (Å²) in [7, 11) is 0. The number of carboxylic acid groups (broad SMARTS) is 1. The van der Waals surface area contributed by atoms with Gasteiger partial charge in [-0.2, -0.15) is 0 Å². The van der Waals surface area contributed by atoms with Crippen molar-refractivity contribution in [3.63, 3.8) is 0 Å². The Morgan fingerprint density at radius 2 is 1.89 bits per heavy atom. The van der Waals surface area contributed by atoms with E-state index in [9.17, 15) is 9.59 Å². The molecule has 19 heavy (non-hydrogen) atoms. The summed E-state index contributed by atoms with van der Waals surface area (Å²) >= 11 is 0. The van der Waals surface area contributed by atoms with Gasteiger partial charge in [0.15, 0.2) is 0 Å². The van der Waals surface area contributed by atoms with Crippen LogP contribution in [0.15, 0.2) is 24.3 Å². The van der Waals surface area contributed by atoms with Crippen LogP contribution in [-0.4, -0.2) is 46.7 Å². The van der Waals surface area contributed by atoms with E-state index in [0.717, 1.165) is 17.7 Å².